The van der Waals surface area contributed by atoms with Gasteiger partial charge in [-0.25, -0.2) is 8.42 Å². The van der Waals surface area contributed by atoms with Gasteiger partial charge in [0.1, 0.15) is 0 Å². The van der Waals surface area contributed by atoms with Crippen LogP contribution in [0, 0.1) is 0 Å². The van der Waals surface area contributed by atoms with Crippen LogP contribution in [0.2, 0.25) is 0 Å². The molecule has 0 heterocycles. The summed E-state index contributed by atoms with van der Waals surface area (Å²) in [5.41, 5.74) is 0.844. The summed E-state index contributed by atoms with van der Waals surface area (Å²) in [7, 11) is -3.66. The van der Waals surface area contributed by atoms with Gasteiger partial charge < -0.3 is 5.32 Å². The van der Waals surface area contributed by atoms with E-state index in [0.29, 0.717) is 12.2 Å². The molecule has 142 valence electrons. The van der Waals surface area contributed by atoms with Crippen molar-refractivity contribution in [2.45, 2.75) is 29.6 Å². The van der Waals surface area contributed by atoms with Gasteiger partial charge in [-0.2, -0.15) is 0 Å². The van der Waals surface area contributed by atoms with E-state index in [2.05, 4.69) is 32.5 Å². The first-order valence-electron chi connectivity index (χ1n) is 8.65. The fraction of sp³-hybridized carbons (Fsp3) is 0.250. The van der Waals surface area contributed by atoms with Crippen molar-refractivity contribution in [3.8, 4) is 0 Å². The van der Waals surface area contributed by atoms with Crippen molar-refractivity contribution in [3.63, 3.8) is 0 Å². The van der Waals surface area contributed by atoms with Crippen LogP contribution in [0.5, 0.6) is 0 Å². The van der Waals surface area contributed by atoms with E-state index >= 15 is 0 Å². The second-order valence-electron chi connectivity index (χ2n) is 6.57. The molecule has 0 unspecified atom stereocenters. The summed E-state index contributed by atoms with van der Waals surface area (Å²) >= 11 is 3.29. The number of carbonyl (C=O) groups is 1. The Morgan fingerprint density at radius 2 is 1.74 bits per heavy atom. The maximum Gasteiger partial charge on any atom is 0.261 e. The zero-order chi connectivity index (χ0) is 19.5. The van der Waals surface area contributed by atoms with Crippen molar-refractivity contribution >= 4 is 37.5 Å². The summed E-state index contributed by atoms with van der Waals surface area (Å²) in [6.45, 7) is 4.06. The van der Waals surface area contributed by atoms with Gasteiger partial charge in [-0.3, -0.25) is 9.52 Å². The summed E-state index contributed by atoms with van der Waals surface area (Å²) in [6, 6.07) is 13.5. The van der Waals surface area contributed by atoms with Gasteiger partial charge in [0, 0.05) is 16.7 Å². The van der Waals surface area contributed by atoms with Gasteiger partial charge >= 0.3 is 0 Å². The van der Waals surface area contributed by atoms with Crippen molar-refractivity contribution in [1.82, 2.24) is 5.32 Å². The molecule has 0 bridgehead atoms. The predicted octanol–water partition coefficient (Wildman–Crippen LogP) is 3.97. The fourth-order valence-corrected chi connectivity index (χ4v) is 4.52. The van der Waals surface area contributed by atoms with E-state index < -0.39 is 15.4 Å². The Bertz CT molecular complexity index is 934. The second kappa shape index (κ2) is 7.86. The molecule has 1 fully saturated rings. The Hall–Kier alpha value is -2.12. The molecule has 0 radical (unpaired) electrons. The highest BCUT2D eigenvalue weighted by atomic mass is 79.9. The lowest BCUT2D eigenvalue weighted by Crippen LogP contribution is -2.49. The third-order valence-electron chi connectivity index (χ3n) is 4.86. The van der Waals surface area contributed by atoms with Crippen LogP contribution in [0.25, 0.3) is 0 Å². The number of carbonyl (C=O) groups excluding carboxylic acids is 1. The van der Waals surface area contributed by atoms with E-state index in [1.165, 1.54) is 12.1 Å². The number of nitrogens with one attached hydrogen (secondary N) is 2. The first kappa shape index (κ1) is 19.6. The van der Waals surface area contributed by atoms with Crippen LogP contribution in [0.3, 0.4) is 0 Å². The first-order valence-corrected chi connectivity index (χ1v) is 10.9. The molecule has 2 N–H and O–H groups in total. The number of rotatable bonds is 7. The number of halogens is 1. The average Bonchev–Trinajstić information content (AvgIpc) is 2.60. The van der Waals surface area contributed by atoms with Gasteiger partial charge in [-0.15, -0.1) is 6.58 Å². The first-order chi connectivity index (χ1) is 12.9. The molecule has 0 atom stereocenters. The van der Waals surface area contributed by atoms with Gasteiger partial charge in [0.05, 0.1) is 10.3 Å². The Morgan fingerprint density at radius 3 is 2.26 bits per heavy atom. The summed E-state index contributed by atoms with van der Waals surface area (Å²) in [5, 5.41) is 2.88. The highest BCUT2D eigenvalue weighted by Gasteiger charge is 2.45. The molecule has 7 heteroatoms. The standard InChI is InChI=1S/C20H21BrN2O3S/c1-2-14-22-19(24)20(12-3-13-20)15-4-8-17(9-5-15)23-27(25,26)18-10-6-16(21)7-11-18/h2,4-11,23H,1,3,12-14H2,(H,22,24). The van der Waals surface area contributed by atoms with Crippen LogP contribution in [0.1, 0.15) is 24.8 Å². The Kier molecular flexibility index (Phi) is 5.72. The highest BCUT2D eigenvalue weighted by molar-refractivity contribution is 9.10. The molecule has 1 saturated carbocycles. The minimum Gasteiger partial charge on any atom is -0.352 e. The lowest BCUT2D eigenvalue weighted by Gasteiger charge is -2.40. The predicted molar refractivity (Wildman–Crippen MR) is 110 cm³/mol. The maximum absolute atomic E-state index is 12.6. The van der Waals surface area contributed by atoms with E-state index in [1.807, 2.05) is 12.1 Å². The lowest BCUT2D eigenvalue weighted by molar-refractivity contribution is -0.129. The van der Waals surface area contributed by atoms with Crippen LogP contribution >= 0.6 is 15.9 Å². The number of benzene rings is 2. The van der Waals surface area contributed by atoms with Gasteiger partial charge in [0.2, 0.25) is 5.91 Å². The minimum absolute atomic E-state index is 0.00292. The average molecular weight is 449 g/mol. The molecule has 2 aromatic rings. The molecule has 1 aliphatic carbocycles. The summed E-state index contributed by atoms with van der Waals surface area (Å²) in [6.07, 6.45) is 4.24. The number of hydrogen-bond donors (Lipinski definition) is 2. The third kappa shape index (κ3) is 4.09. The lowest BCUT2D eigenvalue weighted by atomic mass is 9.64. The van der Waals surface area contributed by atoms with E-state index in [1.54, 1.807) is 30.3 Å². The SMILES string of the molecule is C=CCNC(=O)C1(c2ccc(NS(=O)(=O)c3ccc(Br)cc3)cc2)CCC1. The normalized spacial score (nSPS) is 15.4. The van der Waals surface area contributed by atoms with E-state index in [0.717, 1.165) is 29.3 Å². The number of sulfonamides is 1. The fourth-order valence-electron chi connectivity index (χ4n) is 3.20. The van der Waals surface area contributed by atoms with Crippen LogP contribution < -0.4 is 10.0 Å². The highest BCUT2D eigenvalue weighted by Crippen LogP contribution is 2.44. The quantitative estimate of drug-likeness (QED) is 0.629. The molecule has 0 spiro atoms. The number of hydrogen-bond acceptors (Lipinski definition) is 3. The molecule has 0 aliphatic heterocycles. The van der Waals surface area contributed by atoms with Crippen molar-refractivity contribution in [2.24, 2.45) is 0 Å². The minimum atomic E-state index is -3.66. The van der Waals surface area contributed by atoms with Gasteiger partial charge in [-0.05, 0) is 54.8 Å². The molecule has 3 rings (SSSR count). The van der Waals surface area contributed by atoms with Crippen molar-refractivity contribution in [1.29, 1.82) is 0 Å². The van der Waals surface area contributed by atoms with E-state index in [9.17, 15) is 13.2 Å². The van der Waals surface area contributed by atoms with E-state index in [4.69, 9.17) is 0 Å². The molecule has 1 amide bonds. The largest absolute Gasteiger partial charge is 0.352 e. The van der Waals surface area contributed by atoms with Crippen LogP contribution in [-0.4, -0.2) is 20.9 Å². The molecular weight excluding hydrogens is 428 g/mol. The van der Waals surface area contributed by atoms with Crippen molar-refractivity contribution in [2.75, 3.05) is 11.3 Å². The van der Waals surface area contributed by atoms with Crippen LogP contribution in [0.4, 0.5) is 5.69 Å². The molecule has 2 aromatic carbocycles. The zero-order valence-corrected chi connectivity index (χ0v) is 17.1. The smallest absolute Gasteiger partial charge is 0.261 e. The molecular formula is C20H21BrN2O3S. The number of amides is 1. The topological polar surface area (TPSA) is 75.3 Å². The molecule has 27 heavy (non-hydrogen) atoms. The molecule has 5 nitrogen and oxygen atoms in total. The van der Waals surface area contributed by atoms with Crippen LogP contribution in [0.15, 0.2) is 70.6 Å². The summed E-state index contributed by atoms with van der Waals surface area (Å²) < 4.78 is 28.4. The maximum atomic E-state index is 12.6. The monoisotopic (exact) mass is 448 g/mol. The second-order valence-corrected chi connectivity index (χ2v) is 9.17. The van der Waals surface area contributed by atoms with Crippen LogP contribution in [-0.2, 0) is 20.2 Å². The Morgan fingerprint density at radius 1 is 1.11 bits per heavy atom. The van der Waals surface area contributed by atoms with Gasteiger partial charge in [0.25, 0.3) is 10.0 Å². The molecule has 0 saturated heterocycles. The zero-order valence-electron chi connectivity index (χ0n) is 14.7. The van der Waals surface area contributed by atoms with Gasteiger partial charge in [0.15, 0.2) is 0 Å². The van der Waals surface area contributed by atoms with Crippen molar-refractivity contribution in [3.05, 3.63) is 71.2 Å². The Balaban J connectivity index is 1.78. The molecule has 0 aromatic heterocycles. The van der Waals surface area contributed by atoms with Crippen molar-refractivity contribution < 1.29 is 13.2 Å². The molecule has 1 aliphatic rings. The summed E-state index contributed by atoms with van der Waals surface area (Å²) in [5.74, 6) is -0.00292. The Labute approximate surface area is 168 Å². The van der Waals surface area contributed by atoms with Gasteiger partial charge in [-0.1, -0.05) is 40.6 Å². The van der Waals surface area contributed by atoms with E-state index in [-0.39, 0.29) is 10.8 Å². The summed E-state index contributed by atoms with van der Waals surface area (Å²) in [4.78, 5) is 12.7. The number of anilines is 1. The third-order valence-corrected chi connectivity index (χ3v) is 6.79.